The Morgan fingerprint density at radius 1 is 1.26 bits per heavy atom. The second kappa shape index (κ2) is 8.48. The van der Waals surface area contributed by atoms with E-state index in [4.69, 9.17) is 10.5 Å². The number of halogens is 2. The van der Waals surface area contributed by atoms with Gasteiger partial charge in [-0.3, -0.25) is 4.79 Å². The summed E-state index contributed by atoms with van der Waals surface area (Å²) in [6.45, 7) is 5.08. The maximum atomic E-state index is 15.2. The van der Waals surface area contributed by atoms with Crippen LogP contribution in [0.15, 0.2) is 52.7 Å². The Morgan fingerprint density at radius 2 is 2.00 bits per heavy atom. The molecule has 6 nitrogen and oxygen atoms in total. The van der Waals surface area contributed by atoms with Gasteiger partial charge >= 0.3 is 0 Å². The van der Waals surface area contributed by atoms with Crippen LogP contribution in [0.25, 0.3) is 11.9 Å². The number of amidine groups is 1. The molecule has 9 heteroatoms. The molecule has 182 valence electrons. The summed E-state index contributed by atoms with van der Waals surface area (Å²) in [5.41, 5.74) is 7.50. The molecule has 0 saturated carbocycles. The van der Waals surface area contributed by atoms with Crippen LogP contribution in [0.1, 0.15) is 43.5 Å². The van der Waals surface area contributed by atoms with Crippen LogP contribution >= 0.6 is 11.8 Å². The first-order valence-corrected chi connectivity index (χ1v) is 12.3. The number of benzene rings is 1. The van der Waals surface area contributed by atoms with Gasteiger partial charge in [-0.15, -0.1) is 0 Å². The van der Waals surface area contributed by atoms with E-state index < -0.39 is 21.9 Å². The molecular formula is C26H26F2N4O2S. The average Bonchev–Trinajstić information content (AvgIpc) is 3.19. The maximum absolute atomic E-state index is 15.2. The second-order valence-corrected chi connectivity index (χ2v) is 10.4. The first-order valence-electron chi connectivity index (χ1n) is 11.4. The van der Waals surface area contributed by atoms with Crippen molar-refractivity contribution in [2.45, 2.75) is 37.0 Å². The fraction of sp³-hybridized carbons (Fsp3) is 0.346. The Labute approximate surface area is 207 Å². The number of carbonyl (C=O) groups is 1. The number of nitrogens with two attached hydrogens (primary N) is 1. The van der Waals surface area contributed by atoms with Gasteiger partial charge in [0.1, 0.15) is 27.7 Å². The molecule has 2 aliphatic heterocycles. The van der Waals surface area contributed by atoms with Crippen LogP contribution in [0.5, 0.6) is 5.75 Å². The highest BCUT2D eigenvalue weighted by atomic mass is 32.2. The van der Waals surface area contributed by atoms with Crippen LogP contribution in [-0.4, -0.2) is 45.9 Å². The predicted octanol–water partition coefficient (Wildman–Crippen LogP) is 4.66. The Bertz CT molecular complexity index is 1300. The quantitative estimate of drug-likeness (QED) is 0.609. The molecule has 1 aliphatic carbocycles. The lowest BCUT2D eigenvalue weighted by molar-refractivity contribution is -0.130. The summed E-state index contributed by atoms with van der Waals surface area (Å²) >= 11 is 1.23. The van der Waals surface area contributed by atoms with E-state index >= 15 is 4.39 Å². The predicted molar refractivity (Wildman–Crippen MR) is 134 cm³/mol. The number of likely N-dealkylation sites (tertiary alicyclic amines) is 1. The minimum absolute atomic E-state index is 0.00958. The number of nitrogens with zero attached hydrogens (tertiary/aromatic N) is 3. The van der Waals surface area contributed by atoms with E-state index in [0.717, 1.165) is 24.0 Å². The molecule has 2 N–H and O–H groups in total. The van der Waals surface area contributed by atoms with E-state index in [1.54, 1.807) is 19.1 Å². The van der Waals surface area contributed by atoms with Crippen molar-refractivity contribution in [1.82, 2.24) is 9.88 Å². The summed E-state index contributed by atoms with van der Waals surface area (Å²) in [5, 5.41) is 0.231. The third kappa shape index (κ3) is 3.73. The lowest BCUT2D eigenvalue weighted by Crippen LogP contribution is -2.45. The molecule has 1 amide bonds. The van der Waals surface area contributed by atoms with Crippen molar-refractivity contribution in [2.24, 2.45) is 10.7 Å². The highest BCUT2D eigenvalue weighted by molar-refractivity contribution is 8.16. The maximum Gasteiger partial charge on any atom is 0.247 e. The van der Waals surface area contributed by atoms with Crippen molar-refractivity contribution >= 4 is 34.7 Å². The molecule has 35 heavy (non-hydrogen) atoms. The first kappa shape index (κ1) is 23.5. The molecule has 0 radical (unpaired) electrons. The fourth-order valence-corrected chi connectivity index (χ4v) is 6.61. The molecule has 0 unspecified atom stereocenters. The van der Waals surface area contributed by atoms with Crippen LogP contribution in [0.4, 0.5) is 8.78 Å². The molecule has 1 aromatic carbocycles. The Morgan fingerprint density at radius 3 is 2.66 bits per heavy atom. The molecule has 5 rings (SSSR count). The zero-order chi connectivity index (χ0) is 25.0. The van der Waals surface area contributed by atoms with Crippen molar-refractivity contribution in [3.8, 4) is 5.75 Å². The minimum Gasteiger partial charge on any atom is -0.495 e. The number of rotatable bonds is 5. The van der Waals surface area contributed by atoms with Crippen LogP contribution in [0.2, 0.25) is 0 Å². The van der Waals surface area contributed by atoms with Gasteiger partial charge in [-0.05, 0) is 73.7 Å². The molecule has 1 saturated heterocycles. The lowest BCUT2D eigenvalue weighted by Gasteiger charge is -2.35. The Balaban J connectivity index is 1.52. The summed E-state index contributed by atoms with van der Waals surface area (Å²) in [5.74, 6) is -0.558. The zero-order valence-corrected chi connectivity index (χ0v) is 20.6. The van der Waals surface area contributed by atoms with E-state index in [-0.39, 0.29) is 22.3 Å². The average molecular weight is 497 g/mol. The molecule has 0 bridgehead atoms. The standard InChI is InChI=1S/C26H26F2N4O2S/c1-15-22-25(2,31-24(29)35-26(15,22)23(33)32-10-4-5-11-32)18-12-16(6-8-19(18)27)13-20(28)21-9-7-17(34-3)14-30-21/h6-9,12-14H,4-5,10-11H2,1-3H3,(H2,29,31)/b20-13-/t25-,26+/m1/s1. The van der Waals surface area contributed by atoms with Crippen molar-refractivity contribution < 1.29 is 18.3 Å². The molecule has 0 spiro atoms. The SMILES string of the molecule is COc1ccc(/C(F)=C/c2ccc(F)c([C@@]3(C)N=C(N)S[C@@]4(C(=O)N5CCCC5)C(C)=C43)c2)nc1. The second-order valence-electron chi connectivity index (χ2n) is 9.12. The zero-order valence-electron chi connectivity index (χ0n) is 19.8. The van der Waals surface area contributed by atoms with Gasteiger partial charge in [-0.2, -0.15) is 0 Å². The molecule has 1 fully saturated rings. The number of pyridine rings is 1. The molecule has 1 aromatic heterocycles. The van der Waals surface area contributed by atoms with Crippen molar-refractivity contribution in [1.29, 1.82) is 0 Å². The van der Waals surface area contributed by atoms with Crippen LogP contribution < -0.4 is 10.5 Å². The third-order valence-electron chi connectivity index (χ3n) is 6.99. The number of aliphatic imine (C=N–C) groups is 1. The van der Waals surface area contributed by atoms with Gasteiger partial charge in [0.2, 0.25) is 5.91 Å². The molecule has 2 aromatic rings. The monoisotopic (exact) mass is 496 g/mol. The number of hydrogen-bond acceptors (Lipinski definition) is 6. The van der Waals surface area contributed by atoms with Gasteiger partial charge in [0, 0.05) is 18.7 Å². The highest BCUT2D eigenvalue weighted by Gasteiger charge is 2.67. The molecule has 2 atom stereocenters. The van der Waals surface area contributed by atoms with E-state index in [1.807, 2.05) is 11.8 Å². The van der Waals surface area contributed by atoms with E-state index in [9.17, 15) is 9.18 Å². The summed E-state index contributed by atoms with van der Waals surface area (Å²) in [7, 11) is 1.51. The Kier molecular flexibility index (Phi) is 5.70. The van der Waals surface area contributed by atoms with Gasteiger partial charge in [0.15, 0.2) is 5.17 Å². The smallest absolute Gasteiger partial charge is 0.247 e. The largest absolute Gasteiger partial charge is 0.495 e. The van der Waals surface area contributed by atoms with Gasteiger partial charge in [-0.25, -0.2) is 18.8 Å². The Hall–Kier alpha value is -3.20. The van der Waals surface area contributed by atoms with Gasteiger partial charge in [0.25, 0.3) is 0 Å². The van der Waals surface area contributed by atoms with Crippen molar-refractivity contribution in [3.05, 3.63) is 70.3 Å². The topological polar surface area (TPSA) is 80.8 Å². The molecule has 3 aliphatic rings. The molecular weight excluding hydrogens is 470 g/mol. The number of carbonyl (C=O) groups excluding carboxylic acids is 1. The van der Waals surface area contributed by atoms with Gasteiger partial charge in [0.05, 0.1) is 19.0 Å². The number of ether oxygens (including phenoxy) is 1. The van der Waals surface area contributed by atoms with E-state index in [1.165, 1.54) is 49.3 Å². The number of fused-ring (bicyclic) bond motifs is 1. The van der Waals surface area contributed by atoms with E-state index in [0.29, 0.717) is 24.4 Å². The van der Waals surface area contributed by atoms with Crippen LogP contribution in [-0.2, 0) is 10.3 Å². The number of thioether (sulfide) groups is 1. The van der Waals surface area contributed by atoms with Crippen LogP contribution in [0, 0.1) is 5.82 Å². The normalized spacial score (nSPS) is 25.9. The van der Waals surface area contributed by atoms with Gasteiger partial charge in [-0.1, -0.05) is 17.8 Å². The summed E-state index contributed by atoms with van der Waals surface area (Å²) in [4.78, 5) is 24.1. The fourth-order valence-electron chi connectivity index (χ4n) is 5.19. The number of hydrogen-bond donors (Lipinski definition) is 1. The summed E-state index contributed by atoms with van der Waals surface area (Å²) < 4.78 is 34.3. The number of aromatic nitrogens is 1. The van der Waals surface area contributed by atoms with Crippen molar-refractivity contribution in [3.63, 3.8) is 0 Å². The number of methoxy groups -OCH3 is 1. The lowest BCUT2D eigenvalue weighted by atomic mass is 9.85. The third-order valence-corrected chi connectivity index (χ3v) is 8.28. The number of amides is 1. The summed E-state index contributed by atoms with van der Waals surface area (Å²) in [6.07, 6.45) is 4.66. The highest BCUT2D eigenvalue weighted by Crippen LogP contribution is 2.65. The first-order chi connectivity index (χ1) is 16.7. The van der Waals surface area contributed by atoms with Gasteiger partial charge < -0.3 is 15.4 Å². The van der Waals surface area contributed by atoms with E-state index in [2.05, 4.69) is 9.98 Å². The minimum atomic E-state index is -1.17. The summed E-state index contributed by atoms with van der Waals surface area (Å²) in [6, 6.07) is 7.47. The van der Waals surface area contributed by atoms with Crippen LogP contribution in [0.3, 0.4) is 0 Å². The molecule has 3 heterocycles. The van der Waals surface area contributed by atoms with Crippen molar-refractivity contribution in [2.75, 3.05) is 20.2 Å².